The van der Waals surface area contributed by atoms with Crippen LogP contribution in [0.25, 0.3) is 0 Å². The molecule has 1 amide bonds. The van der Waals surface area contributed by atoms with Gasteiger partial charge in [0, 0.05) is 5.69 Å². The Morgan fingerprint density at radius 1 is 1.28 bits per heavy atom. The Kier molecular flexibility index (Phi) is 4.11. The van der Waals surface area contributed by atoms with Crippen molar-refractivity contribution < 1.29 is 9.53 Å². The predicted molar refractivity (Wildman–Crippen MR) is 75.3 cm³/mol. The molecule has 0 fully saturated rings. The third-order valence-corrected chi connectivity index (χ3v) is 3.74. The molecule has 0 bridgehead atoms. The molecule has 18 heavy (non-hydrogen) atoms. The molecule has 0 aliphatic rings. The summed E-state index contributed by atoms with van der Waals surface area (Å²) in [5.74, 6) is 0.443. The second kappa shape index (κ2) is 5.61. The quantitative estimate of drug-likeness (QED) is 0.917. The molecule has 0 radical (unpaired) electrons. The SMILES string of the molecule is COc1ccc(NC(=O)c2cc(Cl)sc2Cl)cc1. The van der Waals surface area contributed by atoms with Crippen LogP contribution in [-0.2, 0) is 0 Å². The van der Waals surface area contributed by atoms with Crippen LogP contribution in [0.1, 0.15) is 10.4 Å². The predicted octanol–water partition coefficient (Wildman–Crippen LogP) is 4.32. The van der Waals surface area contributed by atoms with Crippen LogP contribution in [0.4, 0.5) is 5.69 Å². The van der Waals surface area contributed by atoms with Gasteiger partial charge in [0.15, 0.2) is 0 Å². The summed E-state index contributed by atoms with van der Waals surface area (Å²) in [5.41, 5.74) is 1.04. The van der Waals surface area contributed by atoms with E-state index in [9.17, 15) is 4.79 Å². The number of halogens is 2. The molecule has 2 aromatic rings. The minimum absolute atomic E-state index is 0.284. The zero-order valence-electron chi connectivity index (χ0n) is 9.37. The lowest BCUT2D eigenvalue weighted by atomic mass is 10.2. The average molecular weight is 302 g/mol. The lowest BCUT2D eigenvalue weighted by Gasteiger charge is -2.05. The first-order chi connectivity index (χ1) is 8.60. The summed E-state index contributed by atoms with van der Waals surface area (Å²) in [5, 5.41) is 2.73. The van der Waals surface area contributed by atoms with Gasteiger partial charge in [-0.15, -0.1) is 11.3 Å². The standard InChI is InChI=1S/C12H9Cl2NO2S/c1-17-8-4-2-7(3-5-8)15-12(16)9-6-10(13)18-11(9)14/h2-6H,1H3,(H,15,16). The van der Waals surface area contributed by atoms with Gasteiger partial charge in [-0.3, -0.25) is 4.79 Å². The first-order valence-electron chi connectivity index (χ1n) is 5.00. The van der Waals surface area contributed by atoms with E-state index in [1.165, 1.54) is 0 Å². The monoisotopic (exact) mass is 301 g/mol. The van der Waals surface area contributed by atoms with Gasteiger partial charge in [-0.1, -0.05) is 23.2 Å². The Balaban J connectivity index is 2.13. The van der Waals surface area contributed by atoms with E-state index in [2.05, 4.69) is 5.32 Å². The van der Waals surface area contributed by atoms with Crippen LogP contribution in [0.5, 0.6) is 5.75 Å². The highest BCUT2D eigenvalue weighted by molar-refractivity contribution is 7.20. The lowest BCUT2D eigenvalue weighted by molar-refractivity contribution is 0.102. The van der Waals surface area contributed by atoms with Crippen molar-refractivity contribution in [3.05, 3.63) is 44.6 Å². The molecule has 0 unspecified atom stereocenters. The second-order valence-corrected chi connectivity index (χ2v) is 5.71. The van der Waals surface area contributed by atoms with Crippen molar-refractivity contribution in [3.8, 4) is 5.75 Å². The Hall–Kier alpha value is -1.23. The van der Waals surface area contributed by atoms with E-state index >= 15 is 0 Å². The molecule has 1 heterocycles. The van der Waals surface area contributed by atoms with E-state index in [1.54, 1.807) is 37.4 Å². The molecule has 0 atom stereocenters. The van der Waals surface area contributed by atoms with Crippen LogP contribution in [0.3, 0.4) is 0 Å². The molecule has 0 saturated heterocycles. The number of benzene rings is 1. The zero-order valence-corrected chi connectivity index (χ0v) is 11.7. The maximum absolute atomic E-state index is 11.9. The summed E-state index contributed by atoms with van der Waals surface area (Å²) in [7, 11) is 1.58. The number of rotatable bonds is 3. The molecule has 1 N–H and O–H groups in total. The smallest absolute Gasteiger partial charge is 0.258 e. The van der Waals surface area contributed by atoms with Gasteiger partial charge in [-0.05, 0) is 30.3 Å². The van der Waals surface area contributed by atoms with E-state index < -0.39 is 0 Å². The van der Waals surface area contributed by atoms with E-state index in [0.29, 0.717) is 19.9 Å². The van der Waals surface area contributed by atoms with Crippen molar-refractivity contribution in [1.29, 1.82) is 0 Å². The lowest BCUT2D eigenvalue weighted by Crippen LogP contribution is -2.11. The fourth-order valence-corrected chi connectivity index (χ4v) is 2.83. The van der Waals surface area contributed by atoms with Crippen molar-refractivity contribution in [2.45, 2.75) is 0 Å². The third-order valence-electron chi connectivity index (χ3n) is 2.25. The summed E-state index contributed by atoms with van der Waals surface area (Å²) in [4.78, 5) is 11.9. The number of amides is 1. The van der Waals surface area contributed by atoms with Crippen molar-refractivity contribution in [2.24, 2.45) is 0 Å². The number of hydrogen-bond acceptors (Lipinski definition) is 3. The number of methoxy groups -OCH3 is 1. The molecule has 1 aromatic carbocycles. The van der Waals surface area contributed by atoms with Crippen LogP contribution in [0.2, 0.25) is 8.67 Å². The van der Waals surface area contributed by atoms with Crippen molar-refractivity contribution in [1.82, 2.24) is 0 Å². The highest BCUT2D eigenvalue weighted by Gasteiger charge is 2.14. The number of anilines is 1. The molecule has 0 aliphatic carbocycles. The van der Waals surface area contributed by atoms with Crippen LogP contribution < -0.4 is 10.1 Å². The van der Waals surface area contributed by atoms with E-state index in [0.717, 1.165) is 17.1 Å². The summed E-state index contributed by atoms with van der Waals surface area (Å²) < 4.78 is 5.90. The molecular weight excluding hydrogens is 293 g/mol. The second-order valence-electron chi connectivity index (χ2n) is 3.42. The summed E-state index contributed by atoms with van der Waals surface area (Å²) in [6.07, 6.45) is 0. The van der Waals surface area contributed by atoms with Crippen LogP contribution in [0.15, 0.2) is 30.3 Å². The van der Waals surface area contributed by atoms with Gasteiger partial charge in [-0.25, -0.2) is 0 Å². The Bertz CT molecular complexity index is 566. The largest absolute Gasteiger partial charge is 0.497 e. The first-order valence-corrected chi connectivity index (χ1v) is 6.57. The van der Waals surface area contributed by atoms with Gasteiger partial charge in [0.25, 0.3) is 5.91 Å². The van der Waals surface area contributed by atoms with Crippen molar-refractivity contribution in [2.75, 3.05) is 12.4 Å². The highest BCUT2D eigenvalue weighted by atomic mass is 35.5. The number of thiophene rings is 1. The molecule has 0 aliphatic heterocycles. The first kappa shape index (κ1) is 13.2. The Labute approximate surface area is 118 Å². The minimum Gasteiger partial charge on any atom is -0.497 e. The normalized spacial score (nSPS) is 10.2. The van der Waals surface area contributed by atoms with E-state index in [4.69, 9.17) is 27.9 Å². The zero-order chi connectivity index (χ0) is 13.1. The number of ether oxygens (including phenoxy) is 1. The summed E-state index contributed by atoms with van der Waals surface area (Å²) >= 11 is 12.9. The summed E-state index contributed by atoms with van der Waals surface area (Å²) in [6.45, 7) is 0. The maximum atomic E-state index is 11.9. The molecule has 6 heteroatoms. The highest BCUT2D eigenvalue weighted by Crippen LogP contribution is 2.31. The molecule has 1 aromatic heterocycles. The summed E-state index contributed by atoms with van der Waals surface area (Å²) in [6, 6.07) is 8.57. The maximum Gasteiger partial charge on any atom is 0.258 e. The molecular formula is C12H9Cl2NO2S. The van der Waals surface area contributed by atoms with Gasteiger partial charge < -0.3 is 10.1 Å². The molecule has 0 spiro atoms. The van der Waals surface area contributed by atoms with E-state index in [-0.39, 0.29) is 5.91 Å². The Morgan fingerprint density at radius 2 is 1.94 bits per heavy atom. The Morgan fingerprint density at radius 3 is 2.44 bits per heavy atom. The van der Waals surface area contributed by atoms with Crippen LogP contribution >= 0.6 is 34.5 Å². The van der Waals surface area contributed by atoms with Crippen molar-refractivity contribution in [3.63, 3.8) is 0 Å². The number of carbonyl (C=O) groups excluding carboxylic acids is 1. The average Bonchev–Trinajstić information content (AvgIpc) is 2.69. The number of nitrogens with one attached hydrogen (secondary N) is 1. The minimum atomic E-state index is -0.284. The number of hydrogen-bond donors (Lipinski definition) is 1. The van der Waals surface area contributed by atoms with Gasteiger partial charge >= 0.3 is 0 Å². The molecule has 3 nitrogen and oxygen atoms in total. The van der Waals surface area contributed by atoms with Gasteiger partial charge in [0.2, 0.25) is 0 Å². The third kappa shape index (κ3) is 2.96. The topological polar surface area (TPSA) is 38.3 Å². The van der Waals surface area contributed by atoms with Crippen LogP contribution in [-0.4, -0.2) is 13.0 Å². The van der Waals surface area contributed by atoms with Gasteiger partial charge in [0.05, 0.1) is 17.0 Å². The van der Waals surface area contributed by atoms with E-state index in [1.807, 2.05) is 0 Å². The van der Waals surface area contributed by atoms with Crippen molar-refractivity contribution >= 4 is 46.1 Å². The molecule has 0 saturated carbocycles. The van der Waals surface area contributed by atoms with Gasteiger partial charge in [-0.2, -0.15) is 0 Å². The van der Waals surface area contributed by atoms with Gasteiger partial charge in [0.1, 0.15) is 10.1 Å². The molecule has 94 valence electrons. The van der Waals surface area contributed by atoms with Crippen LogP contribution in [0, 0.1) is 0 Å². The fourth-order valence-electron chi connectivity index (χ4n) is 1.37. The fraction of sp³-hybridized carbons (Fsp3) is 0.0833. The number of carbonyl (C=O) groups is 1. The molecule has 2 rings (SSSR count).